The Labute approximate surface area is 101 Å². The van der Waals surface area contributed by atoms with Crippen LogP contribution in [0.5, 0.6) is 0 Å². The third-order valence-electron chi connectivity index (χ3n) is 3.06. The summed E-state index contributed by atoms with van der Waals surface area (Å²) in [5.74, 6) is 0. The van der Waals surface area contributed by atoms with Crippen LogP contribution in [0.15, 0.2) is 30.3 Å². The van der Waals surface area contributed by atoms with E-state index < -0.39 is 0 Å². The number of carbonyl (C=O) groups excluding carboxylic acids is 1. The smallest absolute Gasteiger partial charge is 0.151 e. The van der Waals surface area contributed by atoms with Crippen LogP contribution in [-0.4, -0.2) is 11.3 Å². The molecule has 0 aliphatic heterocycles. The Hall–Kier alpha value is -1.96. The molecule has 2 nitrogen and oxygen atoms in total. The zero-order valence-electron chi connectivity index (χ0n) is 10.3. The fourth-order valence-electron chi connectivity index (χ4n) is 1.76. The number of carbonyl (C=O) groups is 1. The lowest BCUT2D eigenvalue weighted by Gasteiger charge is -2.06. The van der Waals surface area contributed by atoms with E-state index in [1.54, 1.807) is 0 Å². The minimum atomic E-state index is 0.651. The van der Waals surface area contributed by atoms with Gasteiger partial charge in [0.2, 0.25) is 0 Å². The predicted octanol–water partition coefficient (Wildman–Crippen LogP) is 3.49. The van der Waals surface area contributed by atoms with Gasteiger partial charge < -0.3 is 0 Å². The number of benzene rings is 1. The third-order valence-corrected chi connectivity index (χ3v) is 3.06. The number of hydrogen-bond donors (Lipinski definition) is 0. The summed E-state index contributed by atoms with van der Waals surface area (Å²) in [7, 11) is 0. The first-order valence-electron chi connectivity index (χ1n) is 5.62. The number of pyridine rings is 1. The molecule has 0 saturated carbocycles. The molecule has 17 heavy (non-hydrogen) atoms. The molecule has 0 radical (unpaired) electrons. The second kappa shape index (κ2) is 4.50. The number of aromatic nitrogens is 1. The van der Waals surface area contributed by atoms with Crippen LogP contribution in [0.25, 0.3) is 11.3 Å². The van der Waals surface area contributed by atoms with E-state index in [2.05, 4.69) is 37.0 Å². The Morgan fingerprint density at radius 1 is 1.00 bits per heavy atom. The van der Waals surface area contributed by atoms with E-state index in [1.165, 1.54) is 11.1 Å². The summed E-state index contributed by atoms with van der Waals surface area (Å²) < 4.78 is 0. The van der Waals surface area contributed by atoms with Crippen molar-refractivity contribution in [3.05, 3.63) is 52.7 Å². The van der Waals surface area contributed by atoms with Crippen LogP contribution in [-0.2, 0) is 0 Å². The fraction of sp³-hybridized carbons (Fsp3) is 0.200. The highest BCUT2D eigenvalue weighted by molar-refractivity contribution is 5.77. The van der Waals surface area contributed by atoms with E-state index in [0.717, 1.165) is 23.2 Å². The summed E-state index contributed by atoms with van der Waals surface area (Å²) in [4.78, 5) is 15.2. The van der Waals surface area contributed by atoms with Crippen molar-refractivity contribution in [1.29, 1.82) is 0 Å². The maximum absolute atomic E-state index is 10.7. The van der Waals surface area contributed by atoms with E-state index in [1.807, 2.05) is 19.1 Å². The van der Waals surface area contributed by atoms with Crippen molar-refractivity contribution in [2.45, 2.75) is 20.8 Å². The van der Waals surface area contributed by atoms with Crippen LogP contribution in [0.2, 0.25) is 0 Å². The van der Waals surface area contributed by atoms with Crippen LogP contribution in [0.4, 0.5) is 0 Å². The first-order valence-corrected chi connectivity index (χ1v) is 5.62. The van der Waals surface area contributed by atoms with Crippen molar-refractivity contribution >= 4 is 6.29 Å². The van der Waals surface area contributed by atoms with Gasteiger partial charge in [-0.1, -0.05) is 12.1 Å². The van der Waals surface area contributed by atoms with Gasteiger partial charge >= 0.3 is 0 Å². The summed E-state index contributed by atoms with van der Waals surface area (Å²) in [6.45, 7) is 6.03. The molecule has 0 aliphatic carbocycles. The van der Waals surface area contributed by atoms with Gasteiger partial charge in [0.25, 0.3) is 0 Å². The second-order valence-electron chi connectivity index (χ2n) is 4.29. The molecule has 2 aromatic rings. The summed E-state index contributed by atoms with van der Waals surface area (Å²) in [5.41, 5.74) is 5.95. The first kappa shape index (κ1) is 11.5. The molecule has 0 amide bonds. The molecule has 0 atom stereocenters. The zero-order chi connectivity index (χ0) is 12.4. The molecule has 1 aromatic carbocycles. The van der Waals surface area contributed by atoms with Crippen LogP contribution < -0.4 is 0 Å². The minimum absolute atomic E-state index is 0.651. The lowest BCUT2D eigenvalue weighted by molar-refractivity contribution is 0.112. The molecule has 0 N–H and O–H groups in total. The maximum atomic E-state index is 10.7. The highest BCUT2D eigenvalue weighted by Gasteiger charge is 2.04. The van der Waals surface area contributed by atoms with Crippen molar-refractivity contribution in [3.63, 3.8) is 0 Å². The number of nitrogens with zero attached hydrogens (tertiary/aromatic N) is 1. The van der Waals surface area contributed by atoms with Gasteiger partial charge in [0.15, 0.2) is 6.29 Å². The minimum Gasteiger partial charge on any atom is -0.298 e. The molecule has 0 spiro atoms. The highest BCUT2D eigenvalue weighted by atomic mass is 16.1. The van der Waals surface area contributed by atoms with Crippen molar-refractivity contribution in [2.75, 3.05) is 0 Å². The number of hydrogen-bond acceptors (Lipinski definition) is 2. The quantitative estimate of drug-likeness (QED) is 0.732. The van der Waals surface area contributed by atoms with Gasteiger partial charge in [0, 0.05) is 16.8 Å². The first-order chi connectivity index (χ1) is 8.11. The lowest BCUT2D eigenvalue weighted by Crippen LogP contribution is -1.93. The topological polar surface area (TPSA) is 30.0 Å². The van der Waals surface area contributed by atoms with Gasteiger partial charge in [0.05, 0.1) is 5.69 Å². The molecule has 2 heteroatoms. The molecule has 0 fully saturated rings. The van der Waals surface area contributed by atoms with Crippen molar-refractivity contribution in [1.82, 2.24) is 4.98 Å². The van der Waals surface area contributed by atoms with Crippen molar-refractivity contribution in [3.8, 4) is 11.3 Å². The van der Waals surface area contributed by atoms with E-state index in [0.29, 0.717) is 5.56 Å². The van der Waals surface area contributed by atoms with Crippen LogP contribution in [0.3, 0.4) is 0 Å². The van der Waals surface area contributed by atoms with E-state index in [-0.39, 0.29) is 0 Å². The summed E-state index contributed by atoms with van der Waals surface area (Å²) in [6, 6.07) is 9.98. The fourth-order valence-corrected chi connectivity index (χ4v) is 1.76. The summed E-state index contributed by atoms with van der Waals surface area (Å²) in [5, 5.41) is 0. The second-order valence-corrected chi connectivity index (χ2v) is 4.29. The van der Waals surface area contributed by atoms with Gasteiger partial charge in [0.1, 0.15) is 0 Å². The van der Waals surface area contributed by atoms with Crippen LogP contribution in [0, 0.1) is 20.8 Å². The number of rotatable bonds is 2. The van der Waals surface area contributed by atoms with Gasteiger partial charge in [-0.05, 0) is 50.1 Å². The van der Waals surface area contributed by atoms with Crippen molar-refractivity contribution < 1.29 is 4.79 Å². The summed E-state index contributed by atoms with van der Waals surface area (Å²) in [6.07, 6.45) is 0.840. The standard InChI is InChI=1S/C15H15NO/c1-10-4-5-13(8-11(10)2)15-7-6-14(9-17)12(3)16-15/h4-9H,1-3H3. The predicted molar refractivity (Wildman–Crippen MR) is 69.3 cm³/mol. The Bertz CT molecular complexity index is 573. The molecule has 0 saturated heterocycles. The average Bonchev–Trinajstić information content (AvgIpc) is 2.32. The Balaban J connectivity index is 2.49. The van der Waals surface area contributed by atoms with Crippen molar-refractivity contribution in [2.24, 2.45) is 0 Å². The molecule has 86 valence electrons. The van der Waals surface area contributed by atoms with Crippen LogP contribution in [0.1, 0.15) is 27.2 Å². The van der Waals surface area contributed by atoms with E-state index in [4.69, 9.17) is 0 Å². The van der Waals surface area contributed by atoms with Gasteiger partial charge in [-0.25, -0.2) is 0 Å². The summed E-state index contributed by atoms with van der Waals surface area (Å²) >= 11 is 0. The Morgan fingerprint density at radius 3 is 2.35 bits per heavy atom. The number of aldehydes is 1. The SMILES string of the molecule is Cc1ccc(-c2ccc(C=O)c(C)n2)cc1C. The molecule has 0 bridgehead atoms. The zero-order valence-corrected chi connectivity index (χ0v) is 10.3. The normalized spacial score (nSPS) is 10.3. The molecular formula is C15H15NO. The molecule has 1 heterocycles. The molecule has 1 aromatic heterocycles. The average molecular weight is 225 g/mol. The van der Waals surface area contributed by atoms with Gasteiger partial charge in [-0.15, -0.1) is 0 Å². The Morgan fingerprint density at radius 2 is 1.76 bits per heavy atom. The van der Waals surface area contributed by atoms with Gasteiger partial charge in [-0.3, -0.25) is 9.78 Å². The molecule has 2 rings (SSSR count). The third kappa shape index (κ3) is 2.26. The highest BCUT2D eigenvalue weighted by Crippen LogP contribution is 2.21. The van der Waals surface area contributed by atoms with E-state index >= 15 is 0 Å². The van der Waals surface area contributed by atoms with Crippen LogP contribution >= 0.6 is 0 Å². The molecular weight excluding hydrogens is 210 g/mol. The lowest BCUT2D eigenvalue weighted by atomic mass is 10.0. The Kier molecular flexibility index (Phi) is 3.05. The molecule has 0 unspecified atom stereocenters. The maximum Gasteiger partial charge on any atom is 0.151 e. The van der Waals surface area contributed by atoms with E-state index in [9.17, 15) is 4.79 Å². The largest absolute Gasteiger partial charge is 0.298 e. The number of aryl methyl sites for hydroxylation is 3. The van der Waals surface area contributed by atoms with Gasteiger partial charge in [-0.2, -0.15) is 0 Å². The molecule has 0 aliphatic rings. The monoisotopic (exact) mass is 225 g/mol.